The van der Waals surface area contributed by atoms with Gasteiger partial charge in [-0.3, -0.25) is 9.59 Å². The third-order valence-electron chi connectivity index (χ3n) is 4.24. The number of nitrogens with one attached hydrogen (secondary N) is 1. The molecule has 2 unspecified atom stereocenters. The maximum absolute atomic E-state index is 12.6. The van der Waals surface area contributed by atoms with Crippen LogP contribution >= 0.6 is 0 Å². The fraction of sp³-hybridized carbons (Fsp3) is 0.444. The van der Waals surface area contributed by atoms with E-state index in [1.165, 1.54) is 11.8 Å². The third-order valence-corrected chi connectivity index (χ3v) is 4.24. The van der Waals surface area contributed by atoms with Crippen molar-refractivity contribution >= 4 is 22.8 Å². The van der Waals surface area contributed by atoms with Crippen LogP contribution in [-0.4, -0.2) is 41.0 Å². The van der Waals surface area contributed by atoms with E-state index in [1.807, 2.05) is 30.3 Å². The second kappa shape index (κ2) is 6.65. The van der Waals surface area contributed by atoms with Crippen molar-refractivity contribution in [2.45, 2.75) is 38.5 Å². The molecule has 3 rings (SSSR count). The van der Waals surface area contributed by atoms with E-state index in [-0.39, 0.29) is 24.3 Å². The normalized spacial score (nSPS) is 16.6. The molecule has 1 fully saturated rings. The molecule has 6 heteroatoms. The lowest BCUT2D eigenvalue weighted by Crippen LogP contribution is -2.53. The lowest BCUT2D eigenvalue weighted by molar-refractivity contribution is -0.139. The molecule has 1 saturated carbocycles. The molecular weight excluding hydrogens is 308 g/mol. The van der Waals surface area contributed by atoms with Gasteiger partial charge in [-0.1, -0.05) is 18.2 Å². The van der Waals surface area contributed by atoms with Crippen molar-refractivity contribution in [3.8, 4) is 0 Å². The molecule has 1 aromatic carbocycles. The summed E-state index contributed by atoms with van der Waals surface area (Å²) in [4.78, 5) is 26.0. The summed E-state index contributed by atoms with van der Waals surface area (Å²) in [5.74, 6) is 0.149. The summed E-state index contributed by atoms with van der Waals surface area (Å²) in [5, 5.41) is 13.5. The van der Waals surface area contributed by atoms with Crippen molar-refractivity contribution in [3.63, 3.8) is 0 Å². The first-order chi connectivity index (χ1) is 11.5. The number of carbonyl (C=O) groups is 2. The second-order valence-corrected chi connectivity index (χ2v) is 6.45. The summed E-state index contributed by atoms with van der Waals surface area (Å²) < 4.78 is 5.71. The van der Waals surface area contributed by atoms with E-state index in [2.05, 4.69) is 5.32 Å². The summed E-state index contributed by atoms with van der Waals surface area (Å²) in [7, 11) is 1.63. The van der Waals surface area contributed by atoms with Crippen molar-refractivity contribution in [3.05, 3.63) is 36.1 Å². The van der Waals surface area contributed by atoms with Crippen LogP contribution in [-0.2, 0) is 16.1 Å². The molecule has 1 aromatic heterocycles. The van der Waals surface area contributed by atoms with Gasteiger partial charge in [0, 0.05) is 18.4 Å². The summed E-state index contributed by atoms with van der Waals surface area (Å²) in [6.45, 7) is 1.78. The highest BCUT2D eigenvalue weighted by Gasteiger charge is 2.35. The monoisotopic (exact) mass is 330 g/mol. The van der Waals surface area contributed by atoms with Crippen LogP contribution in [0, 0.1) is 5.92 Å². The maximum atomic E-state index is 12.6. The Bertz CT molecular complexity index is 715. The second-order valence-electron chi connectivity index (χ2n) is 6.45. The molecular formula is C18H22N2O4. The zero-order valence-corrected chi connectivity index (χ0v) is 13.9. The fourth-order valence-electron chi connectivity index (χ4n) is 2.67. The van der Waals surface area contributed by atoms with Crippen LogP contribution in [0.1, 0.15) is 25.5 Å². The summed E-state index contributed by atoms with van der Waals surface area (Å²) in [5.41, 5.74) is 0.766. The Labute approximate surface area is 140 Å². The van der Waals surface area contributed by atoms with Gasteiger partial charge in [0.25, 0.3) is 0 Å². The third kappa shape index (κ3) is 3.59. The smallest absolute Gasteiger partial charge is 0.247 e. The fourth-order valence-corrected chi connectivity index (χ4v) is 2.67. The number of para-hydroxylation sites is 1. The number of furan rings is 1. The van der Waals surface area contributed by atoms with Gasteiger partial charge < -0.3 is 19.7 Å². The Hall–Kier alpha value is -2.34. The van der Waals surface area contributed by atoms with Crippen LogP contribution in [0.5, 0.6) is 0 Å². The SMILES string of the molecule is CC(O)C(NC(=O)C1CC1)C(=O)N(C)Cc1cc2ccccc2o1. The van der Waals surface area contributed by atoms with Crippen LogP contribution in [0.3, 0.4) is 0 Å². The molecule has 1 heterocycles. The Morgan fingerprint density at radius 2 is 2.08 bits per heavy atom. The number of carbonyl (C=O) groups excluding carboxylic acids is 2. The van der Waals surface area contributed by atoms with Gasteiger partial charge in [0.1, 0.15) is 17.4 Å². The number of fused-ring (bicyclic) bond motifs is 1. The first-order valence-electron chi connectivity index (χ1n) is 8.16. The Morgan fingerprint density at radius 3 is 2.71 bits per heavy atom. The van der Waals surface area contributed by atoms with Crippen LogP contribution < -0.4 is 5.32 Å². The zero-order chi connectivity index (χ0) is 17.3. The number of hydrogen-bond acceptors (Lipinski definition) is 4. The van der Waals surface area contributed by atoms with E-state index in [4.69, 9.17) is 4.42 Å². The average molecular weight is 330 g/mol. The minimum atomic E-state index is -0.960. The van der Waals surface area contributed by atoms with E-state index in [1.54, 1.807) is 7.05 Å². The number of nitrogens with zero attached hydrogens (tertiary/aromatic N) is 1. The summed E-state index contributed by atoms with van der Waals surface area (Å²) in [6, 6.07) is 8.58. The Morgan fingerprint density at radius 1 is 1.38 bits per heavy atom. The molecule has 0 bridgehead atoms. The molecule has 1 aliphatic carbocycles. The standard InChI is InChI=1S/C18H22N2O4/c1-11(21)16(19-17(22)12-7-8-12)18(23)20(2)10-14-9-13-5-3-4-6-15(13)24-14/h3-6,9,11-12,16,21H,7-8,10H2,1-2H3,(H,19,22). The number of hydrogen-bond donors (Lipinski definition) is 2. The minimum Gasteiger partial charge on any atom is -0.459 e. The number of benzene rings is 1. The van der Waals surface area contributed by atoms with Crippen molar-refractivity contribution in [1.82, 2.24) is 10.2 Å². The highest BCUT2D eigenvalue weighted by Crippen LogP contribution is 2.29. The van der Waals surface area contributed by atoms with Gasteiger partial charge in [-0.05, 0) is 31.9 Å². The van der Waals surface area contributed by atoms with Gasteiger partial charge in [-0.2, -0.15) is 0 Å². The van der Waals surface area contributed by atoms with Gasteiger partial charge in [0.05, 0.1) is 12.6 Å². The highest BCUT2D eigenvalue weighted by molar-refractivity contribution is 5.89. The van der Waals surface area contributed by atoms with Gasteiger partial charge in [-0.25, -0.2) is 0 Å². The van der Waals surface area contributed by atoms with E-state index >= 15 is 0 Å². The molecule has 1 aliphatic rings. The largest absolute Gasteiger partial charge is 0.459 e. The molecule has 6 nitrogen and oxygen atoms in total. The average Bonchev–Trinajstić information content (AvgIpc) is 3.31. The molecule has 0 aliphatic heterocycles. The van der Waals surface area contributed by atoms with Gasteiger partial charge in [-0.15, -0.1) is 0 Å². The quantitative estimate of drug-likeness (QED) is 0.844. The molecule has 0 saturated heterocycles. The van der Waals surface area contributed by atoms with Crippen molar-refractivity contribution in [2.75, 3.05) is 7.05 Å². The van der Waals surface area contributed by atoms with Crippen molar-refractivity contribution < 1.29 is 19.1 Å². The van der Waals surface area contributed by atoms with Crippen LogP contribution in [0.15, 0.2) is 34.7 Å². The van der Waals surface area contributed by atoms with Crippen LogP contribution in [0.25, 0.3) is 11.0 Å². The molecule has 2 aromatic rings. The summed E-state index contributed by atoms with van der Waals surface area (Å²) >= 11 is 0. The first-order valence-corrected chi connectivity index (χ1v) is 8.16. The van der Waals surface area contributed by atoms with Crippen molar-refractivity contribution in [1.29, 1.82) is 0 Å². The maximum Gasteiger partial charge on any atom is 0.247 e. The lowest BCUT2D eigenvalue weighted by atomic mass is 10.1. The molecule has 24 heavy (non-hydrogen) atoms. The minimum absolute atomic E-state index is 0.0141. The number of amides is 2. The Kier molecular flexibility index (Phi) is 4.57. The Balaban J connectivity index is 1.68. The van der Waals surface area contributed by atoms with Crippen LogP contribution in [0.4, 0.5) is 0 Å². The molecule has 0 spiro atoms. The van der Waals surface area contributed by atoms with E-state index in [0.717, 1.165) is 23.8 Å². The number of likely N-dealkylation sites (N-methyl/N-ethyl adjacent to an activating group) is 1. The molecule has 2 amide bonds. The lowest BCUT2D eigenvalue weighted by Gasteiger charge is -2.25. The number of aliphatic hydroxyl groups is 1. The van der Waals surface area contributed by atoms with E-state index in [9.17, 15) is 14.7 Å². The predicted molar refractivity (Wildman–Crippen MR) is 89.0 cm³/mol. The molecule has 0 radical (unpaired) electrons. The van der Waals surface area contributed by atoms with Crippen LogP contribution in [0.2, 0.25) is 0 Å². The van der Waals surface area contributed by atoms with E-state index in [0.29, 0.717) is 5.76 Å². The zero-order valence-electron chi connectivity index (χ0n) is 13.9. The number of aliphatic hydroxyl groups excluding tert-OH is 1. The van der Waals surface area contributed by atoms with Gasteiger partial charge in [0.15, 0.2) is 0 Å². The molecule has 2 atom stereocenters. The molecule has 2 N–H and O–H groups in total. The van der Waals surface area contributed by atoms with Gasteiger partial charge in [0.2, 0.25) is 11.8 Å². The number of rotatable bonds is 6. The highest BCUT2D eigenvalue weighted by atomic mass is 16.3. The predicted octanol–water partition coefficient (Wildman–Crippen LogP) is 1.67. The summed E-state index contributed by atoms with van der Waals surface area (Å²) in [6.07, 6.45) is 0.737. The first kappa shape index (κ1) is 16.5. The van der Waals surface area contributed by atoms with Gasteiger partial charge >= 0.3 is 0 Å². The molecule has 128 valence electrons. The topological polar surface area (TPSA) is 82.8 Å². The van der Waals surface area contributed by atoms with E-state index < -0.39 is 12.1 Å². The van der Waals surface area contributed by atoms with Crippen molar-refractivity contribution in [2.24, 2.45) is 5.92 Å².